The lowest BCUT2D eigenvalue weighted by Gasteiger charge is -2.11. The van der Waals surface area contributed by atoms with Gasteiger partial charge in [0.05, 0.1) is 6.54 Å². The number of rotatable bonds is 3. The minimum Gasteiger partial charge on any atom is -0.350 e. The highest BCUT2D eigenvalue weighted by atomic mass is 16.5. The minimum absolute atomic E-state index is 0.328. The molecule has 2 rings (SSSR count). The zero-order valence-corrected chi connectivity index (χ0v) is 9.26. The lowest BCUT2D eigenvalue weighted by molar-refractivity contribution is -0.0431. The number of urea groups is 1. The Morgan fingerprint density at radius 2 is 2.25 bits per heavy atom. The molecule has 4 nitrogen and oxygen atoms in total. The topological polar surface area (TPSA) is 66.6 Å². The number of carbonyl (C=O) groups excluding carboxylic acids is 1. The predicted octanol–water partition coefficient (Wildman–Crippen LogP) is 1.87. The number of nitrogens with zero attached hydrogens (tertiary/aromatic N) is 1. The van der Waals surface area contributed by atoms with Crippen LogP contribution in [0.2, 0.25) is 0 Å². The number of nitrogens with two attached hydrogens (primary N) is 1. The first-order chi connectivity index (χ1) is 7.59. The van der Waals surface area contributed by atoms with Crippen LogP contribution in [0, 0.1) is 12.8 Å². The Kier molecular flexibility index (Phi) is 2.83. The van der Waals surface area contributed by atoms with Gasteiger partial charge in [0.15, 0.2) is 0 Å². The van der Waals surface area contributed by atoms with Crippen molar-refractivity contribution < 1.29 is 10.0 Å². The summed E-state index contributed by atoms with van der Waals surface area (Å²) >= 11 is 0. The third kappa shape index (κ3) is 2.17. The zero-order chi connectivity index (χ0) is 11.7. The van der Waals surface area contributed by atoms with Gasteiger partial charge in [0.25, 0.3) is 0 Å². The molecule has 2 amide bonds. The Hall–Kier alpha value is -1.55. The van der Waals surface area contributed by atoms with Crippen molar-refractivity contribution in [3.8, 4) is 0 Å². The number of carbonyl (C=O) groups is 1. The number of hydrogen-bond donors (Lipinski definition) is 2. The standard InChI is InChI=1S/C12H16N2O2/c1-8-4-2-3-5-10(8)11-6-9(11)7-14(16)12(13)15/h2-5,9,11,16H,6-7H2,1H3,(H2,13,15). The molecule has 1 aliphatic rings. The number of hydrogen-bond acceptors (Lipinski definition) is 2. The number of aryl methyl sites for hydroxylation is 1. The van der Waals surface area contributed by atoms with E-state index < -0.39 is 6.03 Å². The van der Waals surface area contributed by atoms with Gasteiger partial charge in [0.2, 0.25) is 0 Å². The van der Waals surface area contributed by atoms with Gasteiger partial charge < -0.3 is 5.73 Å². The van der Waals surface area contributed by atoms with E-state index in [1.54, 1.807) is 0 Å². The maximum atomic E-state index is 10.7. The normalized spacial score (nSPS) is 22.9. The maximum absolute atomic E-state index is 10.7. The molecule has 0 radical (unpaired) electrons. The van der Waals surface area contributed by atoms with Crippen LogP contribution in [0.5, 0.6) is 0 Å². The van der Waals surface area contributed by atoms with Gasteiger partial charge >= 0.3 is 6.03 Å². The monoisotopic (exact) mass is 220 g/mol. The Morgan fingerprint density at radius 1 is 1.56 bits per heavy atom. The van der Waals surface area contributed by atoms with Crippen molar-refractivity contribution in [1.29, 1.82) is 0 Å². The van der Waals surface area contributed by atoms with Crippen LogP contribution in [-0.4, -0.2) is 22.8 Å². The molecule has 1 fully saturated rings. The smallest absolute Gasteiger partial charge is 0.338 e. The highest BCUT2D eigenvalue weighted by Gasteiger charge is 2.40. The van der Waals surface area contributed by atoms with Crippen molar-refractivity contribution in [1.82, 2.24) is 5.06 Å². The Balaban J connectivity index is 1.97. The van der Waals surface area contributed by atoms with E-state index in [-0.39, 0.29) is 0 Å². The summed E-state index contributed by atoms with van der Waals surface area (Å²) in [5, 5.41) is 9.83. The predicted molar refractivity (Wildman–Crippen MR) is 60.1 cm³/mol. The summed E-state index contributed by atoms with van der Waals surface area (Å²) in [6, 6.07) is 7.43. The van der Waals surface area contributed by atoms with Crippen LogP contribution in [0.4, 0.5) is 4.79 Å². The van der Waals surface area contributed by atoms with Crippen LogP contribution in [0.15, 0.2) is 24.3 Å². The van der Waals surface area contributed by atoms with Gasteiger partial charge in [-0.1, -0.05) is 24.3 Å². The summed E-state index contributed by atoms with van der Waals surface area (Å²) in [5.41, 5.74) is 7.54. The Morgan fingerprint density at radius 3 is 2.88 bits per heavy atom. The number of hydroxylamine groups is 2. The van der Waals surface area contributed by atoms with E-state index in [2.05, 4.69) is 19.1 Å². The molecule has 0 aliphatic heterocycles. The molecule has 2 unspecified atom stereocenters. The molecule has 0 spiro atoms. The van der Waals surface area contributed by atoms with Crippen molar-refractivity contribution in [3.63, 3.8) is 0 Å². The van der Waals surface area contributed by atoms with Crippen LogP contribution in [-0.2, 0) is 0 Å². The first-order valence-corrected chi connectivity index (χ1v) is 5.41. The second-order valence-electron chi connectivity index (χ2n) is 4.38. The van der Waals surface area contributed by atoms with Crippen LogP contribution < -0.4 is 5.73 Å². The van der Waals surface area contributed by atoms with Gasteiger partial charge in [-0.25, -0.2) is 9.86 Å². The number of benzene rings is 1. The molecule has 86 valence electrons. The first kappa shape index (κ1) is 11.0. The lowest BCUT2D eigenvalue weighted by Crippen LogP contribution is -2.34. The van der Waals surface area contributed by atoms with Crippen molar-refractivity contribution >= 4 is 6.03 Å². The van der Waals surface area contributed by atoms with E-state index in [1.807, 2.05) is 12.1 Å². The van der Waals surface area contributed by atoms with Crippen LogP contribution in [0.3, 0.4) is 0 Å². The maximum Gasteiger partial charge on any atom is 0.338 e. The third-order valence-corrected chi connectivity index (χ3v) is 3.17. The average molecular weight is 220 g/mol. The fourth-order valence-electron chi connectivity index (χ4n) is 2.15. The lowest BCUT2D eigenvalue weighted by atomic mass is 10.0. The van der Waals surface area contributed by atoms with Gasteiger partial charge in [-0.05, 0) is 36.3 Å². The third-order valence-electron chi connectivity index (χ3n) is 3.17. The van der Waals surface area contributed by atoms with Crippen molar-refractivity contribution in [2.45, 2.75) is 19.3 Å². The molecule has 0 aromatic heterocycles. The van der Waals surface area contributed by atoms with Crippen LogP contribution in [0.1, 0.15) is 23.5 Å². The van der Waals surface area contributed by atoms with E-state index in [1.165, 1.54) is 11.1 Å². The fraction of sp³-hybridized carbons (Fsp3) is 0.417. The summed E-state index contributed by atoms with van der Waals surface area (Å²) < 4.78 is 0. The summed E-state index contributed by atoms with van der Waals surface area (Å²) in [6.45, 7) is 2.41. The molecule has 4 heteroatoms. The SMILES string of the molecule is Cc1ccccc1C1CC1CN(O)C(N)=O. The molecule has 3 N–H and O–H groups in total. The molecule has 16 heavy (non-hydrogen) atoms. The van der Waals surface area contributed by atoms with Gasteiger partial charge in [-0.15, -0.1) is 0 Å². The summed E-state index contributed by atoms with van der Waals surface area (Å²) in [7, 11) is 0. The van der Waals surface area contributed by atoms with E-state index >= 15 is 0 Å². The number of primary amides is 1. The largest absolute Gasteiger partial charge is 0.350 e. The average Bonchev–Trinajstić information content (AvgIpc) is 2.97. The fourth-order valence-corrected chi connectivity index (χ4v) is 2.15. The van der Waals surface area contributed by atoms with Gasteiger partial charge in [0.1, 0.15) is 0 Å². The quantitative estimate of drug-likeness (QED) is 0.603. The van der Waals surface area contributed by atoms with E-state index in [0.717, 1.165) is 6.42 Å². The molecule has 0 bridgehead atoms. The molecule has 0 saturated heterocycles. The highest BCUT2D eigenvalue weighted by Crippen LogP contribution is 2.48. The molecule has 1 aromatic carbocycles. The summed E-state index contributed by atoms with van der Waals surface area (Å²) in [5.74, 6) is 0.786. The van der Waals surface area contributed by atoms with Gasteiger partial charge in [0, 0.05) is 0 Å². The van der Waals surface area contributed by atoms with Crippen LogP contribution >= 0.6 is 0 Å². The van der Waals surface area contributed by atoms with E-state index in [0.29, 0.717) is 23.4 Å². The Bertz CT molecular complexity index is 406. The van der Waals surface area contributed by atoms with Crippen molar-refractivity contribution in [2.75, 3.05) is 6.54 Å². The van der Waals surface area contributed by atoms with Crippen molar-refractivity contribution in [3.05, 3.63) is 35.4 Å². The van der Waals surface area contributed by atoms with E-state index in [4.69, 9.17) is 5.73 Å². The molecule has 2 atom stereocenters. The molecule has 0 heterocycles. The summed E-state index contributed by atoms with van der Waals surface area (Å²) in [4.78, 5) is 10.7. The molecule has 1 aromatic rings. The Labute approximate surface area is 94.6 Å². The molecular weight excluding hydrogens is 204 g/mol. The molecular formula is C12H16N2O2. The summed E-state index contributed by atoms with van der Waals surface area (Å²) in [6.07, 6.45) is 1.01. The minimum atomic E-state index is -0.782. The highest BCUT2D eigenvalue weighted by molar-refractivity contribution is 5.70. The van der Waals surface area contributed by atoms with Crippen LogP contribution in [0.25, 0.3) is 0 Å². The van der Waals surface area contributed by atoms with Gasteiger partial charge in [-0.3, -0.25) is 5.21 Å². The molecule has 1 saturated carbocycles. The van der Waals surface area contributed by atoms with E-state index in [9.17, 15) is 10.0 Å². The van der Waals surface area contributed by atoms with Crippen molar-refractivity contribution in [2.24, 2.45) is 11.7 Å². The number of amides is 2. The molecule has 1 aliphatic carbocycles. The first-order valence-electron chi connectivity index (χ1n) is 5.41. The van der Waals surface area contributed by atoms with Gasteiger partial charge in [-0.2, -0.15) is 0 Å². The zero-order valence-electron chi connectivity index (χ0n) is 9.26. The second-order valence-corrected chi connectivity index (χ2v) is 4.38. The second kappa shape index (κ2) is 4.14.